The molecule has 17 heavy (non-hydrogen) atoms. The highest BCUT2D eigenvalue weighted by Gasteiger charge is 2.15. The first-order valence-electron chi connectivity index (χ1n) is 5.57. The molecule has 1 aromatic rings. The highest BCUT2D eigenvalue weighted by molar-refractivity contribution is 5.48. The van der Waals surface area contributed by atoms with Crippen molar-refractivity contribution in [3.05, 3.63) is 33.9 Å². The van der Waals surface area contributed by atoms with Gasteiger partial charge in [-0.1, -0.05) is 13.0 Å². The van der Waals surface area contributed by atoms with E-state index in [-0.39, 0.29) is 5.69 Å². The zero-order chi connectivity index (χ0) is 12.8. The molecule has 0 saturated heterocycles. The van der Waals surface area contributed by atoms with Crippen LogP contribution in [0, 0.1) is 23.0 Å². The number of nitrogens with zero attached hydrogens (tertiary/aromatic N) is 1. The minimum Gasteiger partial charge on any atom is -0.486 e. The Kier molecular flexibility index (Phi) is 4.90. The fraction of sp³-hybridized carbons (Fsp3) is 0.500. The first-order valence-corrected chi connectivity index (χ1v) is 5.57. The van der Waals surface area contributed by atoms with E-state index >= 15 is 0 Å². The summed E-state index contributed by atoms with van der Waals surface area (Å²) in [4.78, 5) is 10.4. The molecular formula is C12H18N2O3. The molecule has 0 aliphatic heterocycles. The van der Waals surface area contributed by atoms with E-state index in [2.05, 4.69) is 5.32 Å². The lowest BCUT2D eigenvalue weighted by Crippen LogP contribution is -2.21. The lowest BCUT2D eigenvalue weighted by molar-refractivity contribution is -0.385. The molecule has 1 unspecified atom stereocenters. The van der Waals surface area contributed by atoms with Crippen molar-refractivity contribution in [2.24, 2.45) is 5.92 Å². The van der Waals surface area contributed by atoms with Gasteiger partial charge >= 0.3 is 5.69 Å². The maximum Gasteiger partial charge on any atom is 0.311 e. The number of benzene rings is 1. The van der Waals surface area contributed by atoms with Gasteiger partial charge in [0, 0.05) is 18.5 Å². The molecule has 5 nitrogen and oxygen atoms in total. The SMILES string of the molecule is CNCC(C)COc1ccc(C)cc1[N+](=O)[O-]. The van der Waals surface area contributed by atoms with Crippen molar-refractivity contribution in [1.29, 1.82) is 0 Å². The molecule has 0 spiro atoms. The van der Waals surface area contributed by atoms with Crippen molar-refractivity contribution < 1.29 is 9.66 Å². The van der Waals surface area contributed by atoms with Crippen molar-refractivity contribution in [2.75, 3.05) is 20.2 Å². The Balaban J connectivity index is 2.73. The summed E-state index contributed by atoms with van der Waals surface area (Å²) in [6.07, 6.45) is 0. The van der Waals surface area contributed by atoms with Gasteiger partial charge in [-0.15, -0.1) is 0 Å². The van der Waals surface area contributed by atoms with E-state index in [1.54, 1.807) is 6.07 Å². The number of rotatable bonds is 6. The Morgan fingerprint density at radius 3 is 2.82 bits per heavy atom. The van der Waals surface area contributed by atoms with Gasteiger partial charge in [-0.3, -0.25) is 10.1 Å². The van der Waals surface area contributed by atoms with Crippen molar-refractivity contribution in [1.82, 2.24) is 5.32 Å². The second-order valence-corrected chi connectivity index (χ2v) is 4.20. The van der Waals surface area contributed by atoms with Gasteiger partial charge in [0.15, 0.2) is 5.75 Å². The number of hydrogen-bond acceptors (Lipinski definition) is 4. The largest absolute Gasteiger partial charge is 0.486 e. The third-order valence-electron chi connectivity index (χ3n) is 2.39. The second kappa shape index (κ2) is 6.20. The summed E-state index contributed by atoms with van der Waals surface area (Å²) in [5.41, 5.74) is 0.883. The van der Waals surface area contributed by atoms with Gasteiger partial charge in [0.1, 0.15) is 0 Å². The van der Waals surface area contributed by atoms with Crippen LogP contribution in [0.3, 0.4) is 0 Å². The Bertz CT molecular complexity index is 393. The van der Waals surface area contributed by atoms with Crippen molar-refractivity contribution in [3.63, 3.8) is 0 Å². The van der Waals surface area contributed by atoms with E-state index in [9.17, 15) is 10.1 Å². The summed E-state index contributed by atoms with van der Waals surface area (Å²) in [7, 11) is 1.87. The molecule has 0 radical (unpaired) electrons. The highest BCUT2D eigenvalue weighted by atomic mass is 16.6. The molecule has 1 rings (SSSR count). The van der Waals surface area contributed by atoms with Gasteiger partial charge in [0.25, 0.3) is 0 Å². The molecule has 0 fully saturated rings. The normalized spacial score (nSPS) is 12.2. The van der Waals surface area contributed by atoms with E-state index < -0.39 is 4.92 Å². The second-order valence-electron chi connectivity index (χ2n) is 4.20. The predicted octanol–water partition coefficient (Wildman–Crippen LogP) is 2.14. The number of aryl methyl sites for hydroxylation is 1. The molecule has 0 aliphatic carbocycles. The molecule has 0 saturated carbocycles. The number of hydrogen-bond donors (Lipinski definition) is 1. The maximum absolute atomic E-state index is 10.9. The molecular weight excluding hydrogens is 220 g/mol. The Hall–Kier alpha value is -1.62. The first-order chi connectivity index (χ1) is 8.04. The summed E-state index contributed by atoms with van der Waals surface area (Å²) < 4.78 is 5.49. The number of nitro benzene ring substituents is 1. The van der Waals surface area contributed by atoms with Crippen LogP contribution in [0.25, 0.3) is 0 Å². The average Bonchev–Trinajstić information content (AvgIpc) is 2.27. The Morgan fingerprint density at radius 2 is 2.24 bits per heavy atom. The molecule has 0 aliphatic rings. The zero-order valence-electron chi connectivity index (χ0n) is 10.4. The third kappa shape index (κ3) is 4.03. The van der Waals surface area contributed by atoms with E-state index in [4.69, 9.17) is 4.74 Å². The smallest absolute Gasteiger partial charge is 0.311 e. The van der Waals surface area contributed by atoms with Gasteiger partial charge in [-0.05, 0) is 25.6 Å². The highest BCUT2D eigenvalue weighted by Crippen LogP contribution is 2.27. The molecule has 0 aromatic heterocycles. The van der Waals surface area contributed by atoms with Crippen LogP contribution in [0.2, 0.25) is 0 Å². The molecule has 0 heterocycles. The van der Waals surface area contributed by atoms with Gasteiger partial charge < -0.3 is 10.1 Å². The van der Waals surface area contributed by atoms with Crippen molar-refractivity contribution in [2.45, 2.75) is 13.8 Å². The Labute approximate surface area is 101 Å². The monoisotopic (exact) mass is 238 g/mol. The quantitative estimate of drug-likeness (QED) is 0.609. The molecule has 1 aromatic carbocycles. The van der Waals surface area contributed by atoms with E-state index in [1.165, 1.54) is 6.07 Å². The van der Waals surface area contributed by atoms with Gasteiger partial charge in [-0.2, -0.15) is 0 Å². The topological polar surface area (TPSA) is 64.4 Å². The average molecular weight is 238 g/mol. The maximum atomic E-state index is 10.9. The van der Waals surface area contributed by atoms with Crippen LogP contribution >= 0.6 is 0 Å². The summed E-state index contributed by atoms with van der Waals surface area (Å²) in [6.45, 7) is 5.13. The number of nitro groups is 1. The summed E-state index contributed by atoms with van der Waals surface area (Å²) in [6, 6.07) is 4.99. The van der Waals surface area contributed by atoms with Crippen LogP contribution in [0.4, 0.5) is 5.69 Å². The first kappa shape index (κ1) is 13.4. The minimum atomic E-state index is -0.412. The number of nitrogens with one attached hydrogen (secondary N) is 1. The zero-order valence-corrected chi connectivity index (χ0v) is 10.4. The predicted molar refractivity (Wildman–Crippen MR) is 66.4 cm³/mol. The van der Waals surface area contributed by atoms with Crippen molar-refractivity contribution >= 4 is 5.69 Å². The fourth-order valence-corrected chi connectivity index (χ4v) is 1.53. The van der Waals surface area contributed by atoms with E-state index in [1.807, 2.05) is 27.0 Å². The molecule has 5 heteroatoms. The van der Waals surface area contributed by atoms with Crippen LogP contribution in [0.5, 0.6) is 5.75 Å². The standard InChI is InChI=1S/C12H18N2O3/c1-9-4-5-12(11(6-9)14(15)16)17-8-10(2)7-13-3/h4-6,10,13H,7-8H2,1-3H3. The summed E-state index contributed by atoms with van der Waals surface area (Å²) >= 11 is 0. The fourth-order valence-electron chi connectivity index (χ4n) is 1.53. The molecule has 1 atom stereocenters. The van der Waals surface area contributed by atoms with Crippen LogP contribution in [-0.4, -0.2) is 25.1 Å². The Morgan fingerprint density at radius 1 is 1.53 bits per heavy atom. The molecule has 1 N–H and O–H groups in total. The van der Waals surface area contributed by atoms with Gasteiger partial charge in [0.05, 0.1) is 11.5 Å². The molecule has 94 valence electrons. The van der Waals surface area contributed by atoms with Crippen molar-refractivity contribution in [3.8, 4) is 5.75 Å². The van der Waals surface area contributed by atoms with Crippen LogP contribution < -0.4 is 10.1 Å². The van der Waals surface area contributed by atoms with Crippen LogP contribution in [0.1, 0.15) is 12.5 Å². The van der Waals surface area contributed by atoms with Crippen LogP contribution in [-0.2, 0) is 0 Å². The van der Waals surface area contributed by atoms with Crippen LogP contribution in [0.15, 0.2) is 18.2 Å². The minimum absolute atomic E-state index is 0.0293. The molecule has 0 amide bonds. The number of ether oxygens (including phenoxy) is 1. The molecule has 0 bridgehead atoms. The third-order valence-corrected chi connectivity index (χ3v) is 2.39. The summed E-state index contributed by atoms with van der Waals surface area (Å²) in [5, 5.41) is 13.9. The lowest BCUT2D eigenvalue weighted by atomic mass is 10.2. The van der Waals surface area contributed by atoms with Gasteiger partial charge in [-0.25, -0.2) is 0 Å². The van der Waals surface area contributed by atoms with E-state index in [0.29, 0.717) is 18.3 Å². The van der Waals surface area contributed by atoms with E-state index in [0.717, 1.165) is 12.1 Å². The summed E-state index contributed by atoms with van der Waals surface area (Å²) in [5.74, 6) is 0.643. The lowest BCUT2D eigenvalue weighted by Gasteiger charge is -2.12. The van der Waals surface area contributed by atoms with Gasteiger partial charge in [0.2, 0.25) is 0 Å².